The standard InChI is InChI=1S/C18H22N6O3/c1-22-12-19-10-14(22)11-27-15-6-4-13(5-7-15)9-20-24(3)16-8-17(25)23(2)18(26)21-16/h4-7,9-10,12,16H,8,11H2,1-3H3,(H,21,26). The number of imide groups is 1. The third-order valence-corrected chi connectivity index (χ3v) is 4.36. The van der Waals surface area contributed by atoms with E-state index in [4.69, 9.17) is 4.74 Å². The smallest absolute Gasteiger partial charge is 0.325 e. The maximum Gasteiger partial charge on any atom is 0.325 e. The highest BCUT2D eigenvalue weighted by Crippen LogP contribution is 2.14. The normalized spacial score (nSPS) is 17.3. The number of rotatable bonds is 6. The monoisotopic (exact) mass is 370 g/mol. The Bertz CT molecular complexity index is 827. The van der Waals surface area contributed by atoms with Crippen molar-refractivity contribution in [3.05, 3.63) is 48.0 Å². The molecule has 1 aromatic carbocycles. The molecule has 0 spiro atoms. The fraction of sp³-hybridized carbons (Fsp3) is 0.333. The van der Waals surface area contributed by atoms with Crippen molar-refractivity contribution in [2.24, 2.45) is 12.1 Å². The van der Waals surface area contributed by atoms with Gasteiger partial charge in [-0.15, -0.1) is 0 Å². The predicted molar refractivity (Wildman–Crippen MR) is 99.0 cm³/mol. The Morgan fingerprint density at radius 3 is 2.70 bits per heavy atom. The van der Waals surface area contributed by atoms with E-state index in [2.05, 4.69) is 15.4 Å². The van der Waals surface area contributed by atoms with E-state index in [1.807, 2.05) is 35.9 Å². The van der Waals surface area contributed by atoms with Crippen LogP contribution in [0.15, 0.2) is 41.9 Å². The van der Waals surface area contributed by atoms with Crippen LogP contribution in [0.3, 0.4) is 0 Å². The summed E-state index contributed by atoms with van der Waals surface area (Å²) in [5.74, 6) is 0.510. The zero-order chi connectivity index (χ0) is 19.4. The summed E-state index contributed by atoms with van der Waals surface area (Å²) < 4.78 is 7.64. The molecule has 27 heavy (non-hydrogen) atoms. The van der Waals surface area contributed by atoms with Crippen molar-refractivity contribution in [3.63, 3.8) is 0 Å². The number of hydrogen-bond donors (Lipinski definition) is 1. The lowest BCUT2D eigenvalue weighted by Crippen LogP contribution is -2.57. The lowest BCUT2D eigenvalue weighted by molar-refractivity contribution is -0.130. The molecular formula is C18H22N6O3. The van der Waals surface area contributed by atoms with Gasteiger partial charge in [-0.05, 0) is 29.8 Å². The number of urea groups is 1. The van der Waals surface area contributed by atoms with Gasteiger partial charge in [0, 0.05) is 21.1 Å². The number of amides is 3. The number of hydrogen-bond acceptors (Lipinski definition) is 6. The molecule has 1 saturated heterocycles. The first-order valence-electron chi connectivity index (χ1n) is 8.46. The minimum Gasteiger partial charge on any atom is -0.487 e. The van der Waals surface area contributed by atoms with Crippen LogP contribution in [0.2, 0.25) is 0 Å². The first kappa shape index (κ1) is 18.4. The summed E-state index contributed by atoms with van der Waals surface area (Å²) in [7, 11) is 5.09. The zero-order valence-electron chi connectivity index (χ0n) is 15.5. The Hall–Kier alpha value is -3.36. The molecule has 1 N–H and O–H groups in total. The van der Waals surface area contributed by atoms with Gasteiger partial charge in [0.1, 0.15) is 18.5 Å². The van der Waals surface area contributed by atoms with Crippen LogP contribution in [0.4, 0.5) is 4.79 Å². The third kappa shape index (κ3) is 4.43. The quantitative estimate of drug-likeness (QED) is 0.609. The van der Waals surface area contributed by atoms with Crippen LogP contribution in [0.5, 0.6) is 5.75 Å². The number of aromatic nitrogens is 2. The maximum atomic E-state index is 11.8. The Morgan fingerprint density at radius 1 is 1.33 bits per heavy atom. The minimum atomic E-state index is -0.459. The Kier molecular flexibility index (Phi) is 5.39. The van der Waals surface area contributed by atoms with E-state index in [-0.39, 0.29) is 12.3 Å². The van der Waals surface area contributed by atoms with Crippen molar-refractivity contribution in [2.45, 2.75) is 19.2 Å². The molecule has 0 saturated carbocycles. The molecule has 2 heterocycles. The fourth-order valence-corrected chi connectivity index (χ4v) is 2.50. The van der Waals surface area contributed by atoms with Crippen molar-refractivity contribution < 1.29 is 14.3 Å². The summed E-state index contributed by atoms with van der Waals surface area (Å²) in [4.78, 5) is 28.6. The zero-order valence-corrected chi connectivity index (χ0v) is 15.5. The molecule has 2 aromatic rings. The molecule has 1 aromatic heterocycles. The number of aryl methyl sites for hydroxylation is 1. The molecule has 9 heteroatoms. The molecule has 142 valence electrons. The maximum absolute atomic E-state index is 11.8. The highest BCUT2D eigenvalue weighted by atomic mass is 16.5. The van der Waals surface area contributed by atoms with E-state index >= 15 is 0 Å². The van der Waals surface area contributed by atoms with Crippen LogP contribution < -0.4 is 10.1 Å². The summed E-state index contributed by atoms with van der Waals surface area (Å²) >= 11 is 0. The predicted octanol–water partition coefficient (Wildman–Crippen LogP) is 1.16. The van der Waals surface area contributed by atoms with E-state index in [0.717, 1.165) is 21.9 Å². The fourth-order valence-electron chi connectivity index (χ4n) is 2.50. The number of benzene rings is 1. The second kappa shape index (κ2) is 7.90. The van der Waals surface area contributed by atoms with Crippen LogP contribution in [-0.2, 0) is 18.4 Å². The number of hydrazone groups is 1. The van der Waals surface area contributed by atoms with E-state index < -0.39 is 12.2 Å². The third-order valence-electron chi connectivity index (χ3n) is 4.36. The Morgan fingerprint density at radius 2 is 2.07 bits per heavy atom. The molecular weight excluding hydrogens is 348 g/mol. The molecule has 1 aliphatic heterocycles. The van der Waals surface area contributed by atoms with Gasteiger partial charge >= 0.3 is 6.03 Å². The molecule has 1 unspecified atom stereocenters. The van der Waals surface area contributed by atoms with Gasteiger partial charge in [0.15, 0.2) is 0 Å². The van der Waals surface area contributed by atoms with Gasteiger partial charge in [-0.25, -0.2) is 9.78 Å². The van der Waals surface area contributed by atoms with E-state index in [9.17, 15) is 9.59 Å². The average molecular weight is 370 g/mol. The van der Waals surface area contributed by atoms with Crippen LogP contribution >= 0.6 is 0 Å². The molecule has 0 aliphatic carbocycles. The van der Waals surface area contributed by atoms with Gasteiger partial charge in [0.25, 0.3) is 0 Å². The summed E-state index contributed by atoms with van der Waals surface area (Å²) in [5, 5.41) is 8.60. The van der Waals surface area contributed by atoms with E-state index in [0.29, 0.717) is 6.61 Å². The average Bonchev–Trinajstić information content (AvgIpc) is 3.07. The topological polar surface area (TPSA) is 92.1 Å². The summed E-state index contributed by atoms with van der Waals surface area (Å²) in [6.45, 7) is 0.441. The lowest BCUT2D eigenvalue weighted by atomic mass is 10.2. The molecule has 3 amide bonds. The van der Waals surface area contributed by atoms with Crippen molar-refractivity contribution in [1.29, 1.82) is 0 Å². The first-order chi connectivity index (χ1) is 12.9. The summed E-state index contributed by atoms with van der Waals surface area (Å²) in [5.41, 5.74) is 1.86. The number of carbonyl (C=O) groups is 2. The van der Waals surface area contributed by atoms with Gasteiger partial charge in [0.2, 0.25) is 5.91 Å². The van der Waals surface area contributed by atoms with Crippen molar-refractivity contribution >= 4 is 18.2 Å². The second-order valence-corrected chi connectivity index (χ2v) is 6.29. The molecule has 3 rings (SSSR count). The van der Waals surface area contributed by atoms with Gasteiger partial charge in [-0.2, -0.15) is 5.10 Å². The SMILES string of the molecule is CN1C(=O)CC(N(C)N=Cc2ccc(OCc3cncn3C)cc2)NC1=O. The second-order valence-electron chi connectivity index (χ2n) is 6.29. The van der Waals surface area contributed by atoms with Crippen molar-refractivity contribution in [3.8, 4) is 5.75 Å². The van der Waals surface area contributed by atoms with Gasteiger partial charge in [0.05, 0.1) is 30.9 Å². The van der Waals surface area contributed by atoms with E-state index in [1.165, 1.54) is 7.05 Å². The van der Waals surface area contributed by atoms with Crippen LogP contribution in [-0.4, -0.2) is 57.9 Å². The first-order valence-corrected chi connectivity index (χ1v) is 8.46. The minimum absolute atomic E-state index is 0.177. The number of carbonyl (C=O) groups excluding carboxylic acids is 2. The largest absolute Gasteiger partial charge is 0.487 e. The van der Waals surface area contributed by atoms with Gasteiger partial charge in [-0.3, -0.25) is 14.7 Å². The van der Waals surface area contributed by atoms with Gasteiger partial charge in [-0.1, -0.05) is 0 Å². The van der Waals surface area contributed by atoms with Crippen molar-refractivity contribution in [1.82, 2.24) is 24.8 Å². The summed E-state index contributed by atoms with van der Waals surface area (Å²) in [6.07, 6.45) is 4.88. The Labute approximate surface area is 157 Å². The summed E-state index contributed by atoms with van der Waals surface area (Å²) in [6, 6.07) is 7.06. The number of nitrogens with zero attached hydrogens (tertiary/aromatic N) is 5. The molecule has 1 aliphatic rings. The molecule has 0 radical (unpaired) electrons. The van der Waals surface area contributed by atoms with Crippen molar-refractivity contribution in [2.75, 3.05) is 14.1 Å². The molecule has 0 bridgehead atoms. The highest BCUT2D eigenvalue weighted by Gasteiger charge is 2.31. The molecule has 1 atom stereocenters. The Balaban J connectivity index is 1.55. The molecule has 9 nitrogen and oxygen atoms in total. The van der Waals surface area contributed by atoms with E-state index in [1.54, 1.807) is 30.8 Å². The highest BCUT2D eigenvalue weighted by molar-refractivity contribution is 5.96. The number of nitrogens with one attached hydrogen (secondary N) is 1. The number of ether oxygens (including phenoxy) is 1. The molecule has 1 fully saturated rings. The van der Waals surface area contributed by atoms with Crippen LogP contribution in [0.25, 0.3) is 0 Å². The lowest BCUT2D eigenvalue weighted by Gasteiger charge is -2.32. The van der Waals surface area contributed by atoms with Crippen LogP contribution in [0, 0.1) is 0 Å². The van der Waals surface area contributed by atoms with Crippen LogP contribution in [0.1, 0.15) is 17.7 Å². The number of imidazole rings is 1. The van der Waals surface area contributed by atoms with Gasteiger partial charge < -0.3 is 14.6 Å².